The van der Waals surface area contributed by atoms with Gasteiger partial charge in [0.2, 0.25) is 0 Å². The van der Waals surface area contributed by atoms with E-state index in [4.69, 9.17) is 9.47 Å². The largest absolute Gasteiger partial charge is 0.458 e. The monoisotopic (exact) mass is 466 g/mol. The lowest BCUT2D eigenvalue weighted by Gasteiger charge is -2.68. The average Bonchev–Trinajstić information content (AvgIpc) is 2.99. The Morgan fingerprint density at radius 2 is 1.73 bits per heavy atom. The Kier molecular flexibility index (Phi) is 5.80. The summed E-state index contributed by atoms with van der Waals surface area (Å²) < 4.78 is 11.7. The maximum atomic E-state index is 12.4. The van der Waals surface area contributed by atoms with E-state index in [-0.39, 0.29) is 12.8 Å². The van der Waals surface area contributed by atoms with E-state index < -0.39 is 70.2 Å². The molecule has 4 aliphatic rings. The van der Waals surface area contributed by atoms with Crippen LogP contribution in [0.15, 0.2) is 11.6 Å². The second-order valence-corrected chi connectivity index (χ2v) is 11.3. The van der Waals surface area contributed by atoms with Crippen molar-refractivity contribution in [1.29, 1.82) is 0 Å². The van der Waals surface area contributed by atoms with E-state index in [0.29, 0.717) is 25.7 Å². The molecule has 0 saturated heterocycles. The number of aliphatic hydroxyl groups excluding tert-OH is 2. The summed E-state index contributed by atoms with van der Waals surface area (Å²) in [7, 11) is 0. The molecule has 4 N–H and O–H groups in total. The zero-order chi connectivity index (χ0) is 24.6. The summed E-state index contributed by atoms with van der Waals surface area (Å²) in [5.41, 5.74) is -4.34. The number of rotatable bonds is 3. The van der Waals surface area contributed by atoms with Crippen LogP contribution in [0.3, 0.4) is 0 Å². The molecule has 0 amide bonds. The topological polar surface area (TPSA) is 134 Å². The van der Waals surface area contributed by atoms with Crippen LogP contribution in [0.4, 0.5) is 0 Å². The molecule has 3 fully saturated rings. The Morgan fingerprint density at radius 3 is 2.30 bits per heavy atom. The smallest absolute Gasteiger partial charge is 0.303 e. The highest BCUT2D eigenvalue weighted by molar-refractivity contribution is 5.68. The van der Waals surface area contributed by atoms with Gasteiger partial charge in [-0.1, -0.05) is 25.5 Å². The summed E-state index contributed by atoms with van der Waals surface area (Å²) in [5, 5.41) is 45.7. The van der Waals surface area contributed by atoms with Gasteiger partial charge in [0.25, 0.3) is 0 Å². The second kappa shape index (κ2) is 7.77. The molecular weight excluding hydrogens is 428 g/mol. The number of esters is 2. The predicted molar refractivity (Wildman–Crippen MR) is 118 cm³/mol. The van der Waals surface area contributed by atoms with Gasteiger partial charge in [0.05, 0.1) is 12.2 Å². The van der Waals surface area contributed by atoms with Gasteiger partial charge in [-0.3, -0.25) is 9.59 Å². The van der Waals surface area contributed by atoms with E-state index >= 15 is 0 Å². The Bertz CT molecular complexity index is 868. The number of hydrogen-bond acceptors (Lipinski definition) is 8. The molecule has 8 nitrogen and oxygen atoms in total. The van der Waals surface area contributed by atoms with E-state index in [2.05, 4.69) is 0 Å². The van der Waals surface area contributed by atoms with Crippen LogP contribution in [-0.2, 0) is 19.1 Å². The van der Waals surface area contributed by atoms with Crippen LogP contribution in [0.25, 0.3) is 0 Å². The molecule has 3 saturated carbocycles. The van der Waals surface area contributed by atoms with E-state index in [0.717, 1.165) is 5.57 Å². The Hall–Kier alpha value is -1.48. The van der Waals surface area contributed by atoms with Crippen molar-refractivity contribution in [1.82, 2.24) is 0 Å². The average molecular weight is 467 g/mol. The van der Waals surface area contributed by atoms with E-state index in [1.54, 1.807) is 13.8 Å². The van der Waals surface area contributed by atoms with Gasteiger partial charge < -0.3 is 29.9 Å². The van der Waals surface area contributed by atoms with Gasteiger partial charge >= 0.3 is 11.9 Å². The zero-order valence-corrected chi connectivity index (χ0v) is 20.2. The number of carbonyl (C=O) groups excluding carboxylic acids is 2. The minimum absolute atomic E-state index is 0.123. The van der Waals surface area contributed by atoms with E-state index in [9.17, 15) is 30.0 Å². The molecule has 33 heavy (non-hydrogen) atoms. The third kappa shape index (κ3) is 3.17. The first-order valence-corrected chi connectivity index (χ1v) is 12.1. The van der Waals surface area contributed by atoms with Crippen LogP contribution >= 0.6 is 0 Å². The standard InChI is InChI=1S/C25H38O8/c1-13(26)18-8-11-25(31)23(18,5)21(33-15(3)28)19(32-14(2)27)20-22(4)9-7-17(29)12-16(22)6-10-24(20,25)30/h6,13,17-21,26,29-31H,7-12H2,1-5H3. The number of hydrogen-bond donors (Lipinski definition) is 4. The second-order valence-electron chi connectivity index (χ2n) is 11.3. The van der Waals surface area contributed by atoms with E-state index in [1.165, 1.54) is 13.8 Å². The molecule has 8 heteroatoms. The molecule has 0 aromatic carbocycles. The van der Waals surface area contributed by atoms with Crippen LogP contribution in [0, 0.1) is 22.7 Å². The maximum absolute atomic E-state index is 12.4. The van der Waals surface area contributed by atoms with Crippen LogP contribution in [0.5, 0.6) is 0 Å². The number of fused-ring (bicyclic) bond motifs is 5. The molecule has 186 valence electrons. The normalized spacial score (nSPS) is 49.7. The molecule has 0 radical (unpaired) electrons. The van der Waals surface area contributed by atoms with Crippen LogP contribution in [0.2, 0.25) is 0 Å². The van der Waals surface area contributed by atoms with E-state index in [1.807, 2.05) is 13.0 Å². The summed E-state index contributed by atoms with van der Waals surface area (Å²) in [4.78, 5) is 24.6. The first kappa shape index (κ1) is 24.6. The van der Waals surface area contributed by atoms with Gasteiger partial charge in [0.1, 0.15) is 23.4 Å². The highest BCUT2D eigenvalue weighted by Gasteiger charge is 2.80. The third-order valence-electron chi connectivity index (χ3n) is 9.64. The minimum atomic E-state index is -1.69. The van der Waals surface area contributed by atoms with Gasteiger partial charge in [-0.05, 0) is 56.8 Å². The summed E-state index contributed by atoms with van der Waals surface area (Å²) >= 11 is 0. The van der Waals surface area contributed by atoms with Gasteiger partial charge in [0.15, 0.2) is 0 Å². The zero-order valence-electron chi connectivity index (χ0n) is 20.2. The number of aliphatic hydroxyl groups is 4. The highest BCUT2D eigenvalue weighted by Crippen LogP contribution is 2.70. The van der Waals surface area contributed by atoms with Crippen LogP contribution in [0.1, 0.15) is 73.1 Å². The first-order valence-electron chi connectivity index (χ1n) is 12.1. The molecule has 10 atom stereocenters. The first-order chi connectivity index (χ1) is 15.2. The summed E-state index contributed by atoms with van der Waals surface area (Å²) in [6.07, 6.45) is 0.772. The molecular formula is C25H38O8. The molecule has 0 aromatic heterocycles. The van der Waals surface area contributed by atoms with Crippen molar-refractivity contribution >= 4 is 11.9 Å². The molecule has 0 bridgehead atoms. The summed E-state index contributed by atoms with van der Waals surface area (Å²) in [6.45, 7) is 7.90. The summed E-state index contributed by atoms with van der Waals surface area (Å²) in [6, 6.07) is 0. The molecule has 0 spiro atoms. The van der Waals surface area contributed by atoms with Crippen molar-refractivity contribution < 1.29 is 39.5 Å². The Morgan fingerprint density at radius 1 is 1.09 bits per heavy atom. The summed E-state index contributed by atoms with van der Waals surface area (Å²) in [5.74, 6) is -2.40. The van der Waals surface area contributed by atoms with Gasteiger partial charge in [0, 0.05) is 25.2 Å². The van der Waals surface area contributed by atoms with Crippen molar-refractivity contribution in [2.75, 3.05) is 0 Å². The maximum Gasteiger partial charge on any atom is 0.303 e. The molecule has 4 aliphatic carbocycles. The van der Waals surface area contributed by atoms with Crippen molar-refractivity contribution in [2.24, 2.45) is 22.7 Å². The third-order valence-corrected chi connectivity index (χ3v) is 9.64. The van der Waals surface area contributed by atoms with Crippen LogP contribution < -0.4 is 0 Å². The predicted octanol–water partition coefficient (Wildman–Crippen LogP) is 1.62. The van der Waals surface area contributed by atoms with Crippen molar-refractivity contribution in [3.05, 3.63) is 11.6 Å². The fourth-order valence-corrected chi connectivity index (χ4v) is 8.20. The van der Waals surface area contributed by atoms with Crippen molar-refractivity contribution in [3.63, 3.8) is 0 Å². The molecule has 0 aromatic rings. The van der Waals surface area contributed by atoms with Gasteiger partial charge in [-0.2, -0.15) is 0 Å². The Labute approximate surface area is 195 Å². The highest BCUT2D eigenvalue weighted by atomic mass is 16.6. The van der Waals surface area contributed by atoms with Gasteiger partial charge in [-0.15, -0.1) is 0 Å². The lowest BCUT2D eigenvalue weighted by molar-refractivity contribution is -0.334. The van der Waals surface area contributed by atoms with Gasteiger partial charge in [-0.25, -0.2) is 0 Å². The lowest BCUT2D eigenvalue weighted by atomic mass is 9.42. The molecule has 4 rings (SSSR count). The minimum Gasteiger partial charge on any atom is -0.458 e. The SMILES string of the molecule is CC(=O)OC1C2C3(C)CCC(O)CC3=CCC2(O)C2(O)CCC(C(C)O)C2(C)C1OC(C)=O. The lowest BCUT2D eigenvalue weighted by Crippen LogP contribution is -2.80. The van der Waals surface area contributed by atoms with Crippen molar-refractivity contribution in [2.45, 2.75) is 109 Å². The molecule has 10 unspecified atom stereocenters. The number of carbonyl (C=O) groups is 2. The quantitative estimate of drug-likeness (QED) is 0.364. The Balaban J connectivity index is 1.98. The van der Waals surface area contributed by atoms with Crippen molar-refractivity contribution in [3.8, 4) is 0 Å². The molecule has 0 aliphatic heterocycles. The fourth-order valence-electron chi connectivity index (χ4n) is 8.20. The van der Waals surface area contributed by atoms with Crippen LogP contribution in [-0.4, -0.2) is 68.0 Å². The number of ether oxygens (including phenoxy) is 2. The molecule has 0 heterocycles. The fraction of sp³-hybridized carbons (Fsp3) is 0.840.